The van der Waals surface area contributed by atoms with Crippen molar-refractivity contribution in [2.24, 2.45) is 0 Å². The Hall–Kier alpha value is -1.22. The molecule has 2 heterocycles. The monoisotopic (exact) mass is 360 g/mol. The number of rotatable bonds is 6. The average molecular weight is 361 g/mol. The van der Waals surface area contributed by atoms with E-state index in [1.54, 1.807) is 22.9 Å². The van der Waals surface area contributed by atoms with E-state index in [2.05, 4.69) is 0 Å². The maximum atomic E-state index is 11.8. The van der Waals surface area contributed by atoms with Gasteiger partial charge in [-0.3, -0.25) is 0 Å². The summed E-state index contributed by atoms with van der Waals surface area (Å²) in [5.41, 5.74) is 1.46. The maximum Gasteiger partial charge on any atom is 0.186 e. The number of sulfone groups is 2. The largest absolute Gasteiger partial charge is 0.223 e. The van der Waals surface area contributed by atoms with Crippen LogP contribution < -0.4 is 0 Å². The third kappa shape index (κ3) is 5.58. The van der Waals surface area contributed by atoms with Crippen molar-refractivity contribution in [1.29, 1.82) is 0 Å². The van der Waals surface area contributed by atoms with Crippen LogP contribution in [-0.4, -0.2) is 21.9 Å². The molecule has 0 aliphatic heterocycles. The normalized spacial score (nSPS) is 13.3. The third-order valence-corrected chi connectivity index (χ3v) is 7.48. The van der Waals surface area contributed by atoms with Crippen LogP contribution in [0.5, 0.6) is 0 Å². The second kappa shape index (κ2) is 6.69. The highest BCUT2D eigenvalue weighted by molar-refractivity contribution is 8.10. The van der Waals surface area contributed by atoms with Gasteiger partial charge in [0.1, 0.15) is 0 Å². The van der Waals surface area contributed by atoms with Gasteiger partial charge in [-0.15, -0.1) is 0 Å². The molecule has 0 aromatic carbocycles. The van der Waals surface area contributed by atoms with Gasteiger partial charge in [0, 0.05) is 10.8 Å². The van der Waals surface area contributed by atoms with Crippen molar-refractivity contribution in [3.63, 3.8) is 0 Å². The number of thiophene rings is 2. The first kappa shape index (κ1) is 16.2. The molecule has 2 aromatic heterocycles. The Kier molecular flexibility index (Phi) is 5.15. The highest BCUT2D eigenvalue weighted by atomic mass is 32.3. The summed E-state index contributed by atoms with van der Waals surface area (Å²) in [6.45, 7) is 0. The van der Waals surface area contributed by atoms with Crippen molar-refractivity contribution in [3.05, 3.63) is 55.6 Å². The van der Waals surface area contributed by atoms with Crippen LogP contribution in [0.2, 0.25) is 0 Å². The third-order valence-electron chi connectivity index (χ3n) is 2.35. The Morgan fingerprint density at radius 3 is 1.57 bits per heavy atom. The lowest BCUT2D eigenvalue weighted by Crippen LogP contribution is -2.11. The molecule has 0 unspecified atom stereocenters. The predicted octanol–water partition coefficient (Wildman–Crippen LogP) is 3.24. The summed E-state index contributed by atoms with van der Waals surface area (Å²) in [5.74, 6) is 0. The predicted molar refractivity (Wildman–Crippen MR) is 89.4 cm³/mol. The minimum absolute atomic E-state index is 0.731. The van der Waals surface area contributed by atoms with E-state index in [1.165, 1.54) is 34.8 Å². The van der Waals surface area contributed by atoms with Crippen LogP contribution in [0.15, 0.2) is 44.5 Å². The fraction of sp³-hybridized carbons (Fsp3) is 0.0769. The van der Waals surface area contributed by atoms with Crippen LogP contribution in [0.4, 0.5) is 0 Å². The van der Waals surface area contributed by atoms with E-state index in [0.717, 1.165) is 21.9 Å². The van der Waals surface area contributed by atoms with Crippen molar-refractivity contribution in [2.75, 3.05) is 5.08 Å². The van der Waals surface area contributed by atoms with Crippen molar-refractivity contribution in [2.45, 2.75) is 0 Å². The Bertz CT molecular complexity index is 752. The summed E-state index contributed by atoms with van der Waals surface area (Å²) in [6.07, 6.45) is 2.79. The van der Waals surface area contributed by atoms with E-state index in [9.17, 15) is 16.8 Å². The van der Waals surface area contributed by atoms with E-state index in [-0.39, 0.29) is 0 Å². The van der Waals surface area contributed by atoms with Gasteiger partial charge in [0.25, 0.3) is 0 Å². The van der Waals surface area contributed by atoms with E-state index in [4.69, 9.17) is 0 Å². The molecule has 0 atom stereocenters. The molecule has 0 amide bonds. The van der Waals surface area contributed by atoms with Crippen LogP contribution in [-0.2, 0) is 19.7 Å². The summed E-state index contributed by atoms with van der Waals surface area (Å²) in [6, 6.07) is 3.50. The van der Waals surface area contributed by atoms with Crippen molar-refractivity contribution in [3.8, 4) is 0 Å². The Morgan fingerprint density at radius 1 is 0.810 bits per heavy atom. The molecule has 0 aliphatic carbocycles. The first-order chi connectivity index (χ1) is 9.86. The molecule has 21 heavy (non-hydrogen) atoms. The van der Waals surface area contributed by atoms with Crippen molar-refractivity contribution >= 4 is 54.5 Å². The summed E-state index contributed by atoms with van der Waals surface area (Å²) in [4.78, 5) is 0. The van der Waals surface area contributed by atoms with Crippen molar-refractivity contribution in [1.82, 2.24) is 0 Å². The molecule has 0 fully saturated rings. The van der Waals surface area contributed by atoms with E-state index < -0.39 is 24.8 Å². The number of hydrogen-bond acceptors (Lipinski definition) is 6. The Balaban J connectivity index is 2.08. The van der Waals surface area contributed by atoms with Gasteiger partial charge in [0.15, 0.2) is 24.8 Å². The van der Waals surface area contributed by atoms with Gasteiger partial charge >= 0.3 is 0 Å². The fourth-order valence-electron chi connectivity index (χ4n) is 1.41. The minimum atomic E-state index is -3.82. The molecule has 2 aromatic rings. The van der Waals surface area contributed by atoms with Crippen LogP contribution in [0.25, 0.3) is 12.2 Å². The van der Waals surface area contributed by atoms with Gasteiger partial charge in [-0.2, -0.15) is 22.7 Å². The van der Waals surface area contributed by atoms with Gasteiger partial charge < -0.3 is 0 Å². The second-order valence-electron chi connectivity index (χ2n) is 4.16. The zero-order valence-electron chi connectivity index (χ0n) is 10.7. The summed E-state index contributed by atoms with van der Waals surface area (Å²) in [7, 11) is -7.64. The first-order valence-corrected chi connectivity index (χ1v) is 11.0. The van der Waals surface area contributed by atoms with Gasteiger partial charge in [-0.25, -0.2) is 16.8 Å². The standard InChI is InChI=1S/C13H12O4S4/c14-20(15,7-3-12-1-5-18-9-12)11-21(16,17)8-4-13-2-6-19-10-13/h1-10H,11H2/b7-3+,8-4?. The molecule has 0 spiro atoms. The average Bonchev–Trinajstić information content (AvgIpc) is 3.06. The maximum absolute atomic E-state index is 11.8. The molecular weight excluding hydrogens is 348 g/mol. The van der Waals surface area contributed by atoms with Gasteiger partial charge in [-0.1, -0.05) is 0 Å². The van der Waals surface area contributed by atoms with E-state index in [1.807, 2.05) is 10.8 Å². The van der Waals surface area contributed by atoms with Crippen LogP contribution >= 0.6 is 22.7 Å². The summed E-state index contributed by atoms with van der Waals surface area (Å²) >= 11 is 2.87. The molecule has 8 heteroatoms. The molecule has 4 nitrogen and oxygen atoms in total. The lowest BCUT2D eigenvalue weighted by Gasteiger charge is -1.97. The van der Waals surface area contributed by atoms with Gasteiger partial charge in [-0.05, 0) is 56.9 Å². The Morgan fingerprint density at radius 2 is 1.24 bits per heavy atom. The number of hydrogen-bond donors (Lipinski definition) is 0. The molecule has 0 bridgehead atoms. The molecule has 112 valence electrons. The highest BCUT2D eigenvalue weighted by Crippen LogP contribution is 2.12. The molecule has 0 N–H and O–H groups in total. The van der Waals surface area contributed by atoms with Crippen LogP contribution in [0, 0.1) is 0 Å². The molecular formula is C13H12O4S4. The molecule has 0 saturated carbocycles. The summed E-state index contributed by atoms with van der Waals surface area (Å²) < 4.78 is 47.2. The second-order valence-corrected chi connectivity index (χ2v) is 9.86. The Labute approximate surface area is 131 Å². The van der Waals surface area contributed by atoms with Gasteiger partial charge in [0.05, 0.1) is 0 Å². The topological polar surface area (TPSA) is 68.3 Å². The lowest BCUT2D eigenvalue weighted by atomic mass is 10.3. The summed E-state index contributed by atoms with van der Waals surface area (Å²) in [5, 5.41) is 8.12. The zero-order valence-corrected chi connectivity index (χ0v) is 14.0. The molecule has 0 radical (unpaired) electrons. The van der Waals surface area contributed by atoms with Crippen LogP contribution in [0.1, 0.15) is 11.1 Å². The van der Waals surface area contributed by atoms with E-state index >= 15 is 0 Å². The highest BCUT2D eigenvalue weighted by Gasteiger charge is 2.17. The zero-order chi connectivity index (χ0) is 15.3. The van der Waals surface area contributed by atoms with Gasteiger partial charge in [0.2, 0.25) is 0 Å². The van der Waals surface area contributed by atoms with Crippen LogP contribution in [0.3, 0.4) is 0 Å². The molecule has 0 saturated heterocycles. The van der Waals surface area contributed by atoms with E-state index in [0.29, 0.717) is 0 Å². The molecule has 2 rings (SSSR count). The minimum Gasteiger partial charge on any atom is -0.223 e. The quantitative estimate of drug-likeness (QED) is 0.793. The fourth-order valence-corrected chi connectivity index (χ4v) is 5.86. The molecule has 0 aliphatic rings. The smallest absolute Gasteiger partial charge is 0.186 e. The SMILES string of the molecule is O=S(=O)(C=Cc1ccsc1)CS(=O)(=O)/C=C/c1ccsc1. The van der Waals surface area contributed by atoms with Crippen molar-refractivity contribution < 1.29 is 16.8 Å². The first-order valence-electron chi connectivity index (χ1n) is 5.72. The lowest BCUT2D eigenvalue weighted by molar-refractivity contribution is 0.598.